The molecule has 1 atom stereocenters. The molecule has 0 saturated carbocycles. The van der Waals surface area contributed by atoms with Crippen LogP contribution < -0.4 is 12.3 Å². The maximum Gasteiger partial charge on any atom is 0.323 e. The van der Waals surface area contributed by atoms with E-state index in [1.165, 1.54) is 0 Å². The Morgan fingerprint density at radius 1 is 1.45 bits per heavy atom. The Labute approximate surface area is 64.9 Å². The minimum atomic E-state index is -0.935. The van der Waals surface area contributed by atoms with E-state index in [2.05, 4.69) is 0 Å². The monoisotopic (exact) mass is 165 g/mol. The fourth-order valence-corrected chi connectivity index (χ4v) is 1.00. The Morgan fingerprint density at radius 2 is 2.00 bits per heavy atom. The summed E-state index contributed by atoms with van der Waals surface area (Å²) in [6, 6.07) is -0.662. The van der Waals surface area contributed by atoms with Gasteiger partial charge in [-0.3, -0.25) is 4.79 Å². The Morgan fingerprint density at radius 3 is 2.18 bits per heavy atom. The topological polar surface area (TPSA) is 131 Å². The molecule has 11 heavy (non-hydrogen) atoms. The van der Waals surface area contributed by atoms with Gasteiger partial charge in [-0.15, -0.1) is 0 Å². The molecule has 1 heterocycles. The molecule has 1 saturated heterocycles. The van der Waals surface area contributed by atoms with Crippen LogP contribution in [-0.4, -0.2) is 33.9 Å². The first kappa shape index (κ1) is 12.9. The van der Waals surface area contributed by atoms with Crippen molar-refractivity contribution in [2.75, 3.05) is 6.54 Å². The molecule has 0 spiro atoms. The third-order valence-corrected chi connectivity index (χ3v) is 1.51. The summed E-state index contributed by atoms with van der Waals surface area (Å²) in [5.41, 5.74) is 0. The van der Waals surface area contributed by atoms with Crippen LogP contribution in [-0.2, 0) is 4.79 Å². The van der Waals surface area contributed by atoms with Crippen molar-refractivity contribution in [2.24, 2.45) is 0 Å². The Bertz CT molecular complexity index is 130. The molecule has 1 aliphatic rings. The highest BCUT2D eigenvalue weighted by Crippen LogP contribution is 2.13. The SMILES string of the molecule is N.N.O=C(O)C1CCCN1O. The first-order chi connectivity index (χ1) is 4.22. The van der Waals surface area contributed by atoms with Crippen LogP contribution in [0.1, 0.15) is 12.8 Å². The lowest BCUT2D eigenvalue weighted by Crippen LogP contribution is -2.32. The Hall–Kier alpha value is -0.690. The van der Waals surface area contributed by atoms with Gasteiger partial charge in [-0.05, 0) is 12.8 Å². The van der Waals surface area contributed by atoms with Crippen LogP contribution in [0.25, 0.3) is 0 Å². The molecule has 8 N–H and O–H groups in total. The van der Waals surface area contributed by atoms with Crippen LogP contribution in [0.3, 0.4) is 0 Å². The molecule has 0 amide bonds. The summed E-state index contributed by atoms with van der Waals surface area (Å²) < 4.78 is 0. The van der Waals surface area contributed by atoms with Crippen LogP contribution in [0.2, 0.25) is 0 Å². The summed E-state index contributed by atoms with van der Waals surface area (Å²) in [5.74, 6) is -0.935. The fraction of sp³-hybridized carbons (Fsp3) is 0.800. The van der Waals surface area contributed by atoms with E-state index >= 15 is 0 Å². The van der Waals surface area contributed by atoms with Gasteiger partial charge in [0.25, 0.3) is 0 Å². The molecule has 0 aromatic carbocycles. The first-order valence-electron chi connectivity index (χ1n) is 2.90. The molecular formula is C5H15N3O3. The number of rotatable bonds is 1. The van der Waals surface area contributed by atoms with Crippen LogP contribution >= 0.6 is 0 Å². The molecule has 0 aliphatic carbocycles. The van der Waals surface area contributed by atoms with E-state index in [9.17, 15) is 4.79 Å². The Balaban J connectivity index is 0. The van der Waals surface area contributed by atoms with Gasteiger partial charge in [-0.25, -0.2) is 0 Å². The molecule has 0 radical (unpaired) electrons. The van der Waals surface area contributed by atoms with Crippen molar-refractivity contribution in [2.45, 2.75) is 18.9 Å². The Kier molecular flexibility index (Phi) is 5.91. The third kappa shape index (κ3) is 2.81. The normalized spacial score (nSPS) is 23.5. The second kappa shape index (κ2) is 5.03. The predicted molar refractivity (Wildman–Crippen MR) is 39.2 cm³/mol. The number of hydrogen-bond acceptors (Lipinski definition) is 5. The van der Waals surface area contributed by atoms with Gasteiger partial charge in [0.1, 0.15) is 6.04 Å². The van der Waals surface area contributed by atoms with Gasteiger partial charge < -0.3 is 22.6 Å². The van der Waals surface area contributed by atoms with Crippen molar-refractivity contribution in [1.29, 1.82) is 0 Å². The summed E-state index contributed by atoms with van der Waals surface area (Å²) in [5, 5.41) is 18.1. The number of nitrogens with zero attached hydrogens (tertiary/aromatic N) is 1. The zero-order valence-electron chi connectivity index (χ0n) is 6.36. The molecule has 1 unspecified atom stereocenters. The number of aliphatic carboxylic acids is 1. The molecule has 0 bridgehead atoms. The van der Waals surface area contributed by atoms with Gasteiger partial charge in [0.05, 0.1) is 0 Å². The van der Waals surface area contributed by atoms with Gasteiger partial charge in [0.2, 0.25) is 0 Å². The average molecular weight is 165 g/mol. The van der Waals surface area contributed by atoms with E-state index in [1.54, 1.807) is 0 Å². The standard InChI is InChI=1S/C5H9NO3.2H3N/c7-5(8)4-2-1-3-6(4)9;;/h4,9H,1-3H2,(H,7,8);2*1H3. The number of carbonyl (C=O) groups is 1. The number of carboxylic acids is 1. The fourth-order valence-electron chi connectivity index (χ4n) is 1.00. The van der Waals surface area contributed by atoms with E-state index in [4.69, 9.17) is 10.3 Å². The highest BCUT2D eigenvalue weighted by molar-refractivity contribution is 5.73. The lowest BCUT2D eigenvalue weighted by atomic mass is 10.2. The molecule has 68 valence electrons. The van der Waals surface area contributed by atoms with Crippen molar-refractivity contribution >= 4 is 5.97 Å². The van der Waals surface area contributed by atoms with E-state index in [0.29, 0.717) is 13.0 Å². The van der Waals surface area contributed by atoms with E-state index in [-0.39, 0.29) is 12.3 Å². The molecular weight excluding hydrogens is 150 g/mol. The largest absolute Gasteiger partial charge is 0.480 e. The van der Waals surface area contributed by atoms with Gasteiger partial charge in [0, 0.05) is 6.54 Å². The van der Waals surface area contributed by atoms with Gasteiger partial charge in [-0.1, -0.05) is 0 Å². The summed E-state index contributed by atoms with van der Waals surface area (Å²) in [4.78, 5) is 10.2. The molecule has 6 nitrogen and oxygen atoms in total. The first-order valence-corrected chi connectivity index (χ1v) is 2.90. The summed E-state index contributed by atoms with van der Waals surface area (Å²) >= 11 is 0. The molecule has 6 heteroatoms. The van der Waals surface area contributed by atoms with Crippen LogP contribution in [0, 0.1) is 0 Å². The lowest BCUT2D eigenvalue weighted by Gasteiger charge is -2.11. The smallest absolute Gasteiger partial charge is 0.323 e. The molecule has 1 rings (SSSR count). The van der Waals surface area contributed by atoms with Gasteiger partial charge in [0.15, 0.2) is 0 Å². The minimum absolute atomic E-state index is 0. The summed E-state index contributed by atoms with van der Waals surface area (Å²) in [7, 11) is 0. The summed E-state index contributed by atoms with van der Waals surface area (Å²) in [6.07, 6.45) is 1.33. The van der Waals surface area contributed by atoms with E-state index in [0.717, 1.165) is 11.5 Å². The molecule has 0 aromatic heterocycles. The zero-order chi connectivity index (χ0) is 6.85. The minimum Gasteiger partial charge on any atom is -0.480 e. The van der Waals surface area contributed by atoms with Crippen LogP contribution in [0.5, 0.6) is 0 Å². The highest BCUT2D eigenvalue weighted by Gasteiger charge is 2.28. The van der Waals surface area contributed by atoms with Crippen LogP contribution in [0.4, 0.5) is 0 Å². The molecule has 1 aliphatic heterocycles. The van der Waals surface area contributed by atoms with E-state index < -0.39 is 12.0 Å². The molecule has 1 fully saturated rings. The van der Waals surface area contributed by atoms with Gasteiger partial charge >= 0.3 is 5.97 Å². The maximum atomic E-state index is 10.2. The van der Waals surface area contributed by atoms with Crippen molar-refractivity contribution < 1.29 is 15.1 Å². The number of hydrogen-bond donors (Lipinski definition) is 4. The molecule has 0 aromatic rings. The lowest BCUT2D eigenvalue weighted by molar-refractivity contribution is -0.160. The quantitative estimate of drug-likeness (QED) is 0.440. The van der Waals surface area contributed by atoms with Crippen molar-refractivity contribution in [3.8, 4) is 0 Å². The second-order valence-electron chi connectivity index (χ2n) is 2.16. The number of hydroxylamine groups is 2. The van der Waals surface area contributed by atoms with Crippen molar-refractivity contribution in [3.05, 3.63) is 0 Å². The second-order valence-corrected chi connectivity index (χ2v) is 2.16. The zero-order valence-corrected chi connectivity index (χ0v) is 6.36. The maximum absolute atomic E-state index is 10.2. The van der Waals surface area contributed by atoms with Crippen LogP contribution in [0.15, 0.2) is 0 Å². The highest BCUT2D eigenvalue weighted by atomic mass is 16.5. The van der Waals surface area contributed by atoms with Crippen molar-refractivity contribution in [1.82, 2.24) is 17.4 Å². The average Bonchev–Trinajstić information content (AvgIpc) is 2.13. The predicted octanol–water partition coefficient (Wildman–Crippen LogP) is 0.249. The van der Waals surface area contributed by atoms with Crippen molar-refractivity contribution in [3.63, 3.8) is 0 Å². The van der Waals surface area contributed by atoms with Gasteiger partial charge in [-0.2, -0.15) is 5.06 Å². The number of carboxylic acid groups (broad SMARTS) is 1. The third-order valence-electron chi connectivity index (χ3n) is 1.51. The summed E-state index contributed by atoms with van der Waals surface area (Å²) in [6.45, 7) is 0.483. The van der Waals surface area contributed by atoms with E-state index in [1.807, 2.05) is 0 Å².